The van der Waals surface area contributed by atoms with Crippen molar-refractivity contribution in [3.05, 3.63) is 34.9 Å². The summed E-state index contributed by atoms with van der Waals surface area (Å²) in [5.41, 5.74) is 3.30. The zero-order valence-electron chi connectivity index (χ0n) is 6.70. The summed E-state index contributed by atoms with van der Waals surface area (Å²) in [5.74, 6) is 0. The van der Waals surface area contributed by atoms with Crippen LogP contribution < -0.4 is 0 Å². The van der Waals surface area contributed by atoms with Crippen LogP contribution in [-0.4, -0.2) is 11.4 Å². The Hall–Kier alpha value is -1.31. The Morgan fingerprint density at radius 3 is 2.64 bits per heavy atom. The van der Waals surface area contributed by atoms with Crippen LogP contribution in [0.3, 0.4) is 0 Å². The first-order valence-corrected chi connectivity index (χ1v) is 3.48. The van der Waals surface area contributed by atoms with Gasteiger partial charge in [-0.15, -0.1) is 0 Å². The molecule has 1 rings (SSSR count). The van der Waals surface area contributed by atoms with E-state index >= 15 is 0 Å². The summed E-state index contributed by atoms with van der Waals surface area (Å²) >= 11 is 0. The molecule has 0 aliphatic rings. The number of benzene rings is 1. The molecule has 0 atom stereocenters. The van der Waals surface area contributed by atoms with Crippen LogP contribution >= 0.6 is 0 Å². The van der Waals surface area contributed by atoms with Gasteiger partial charge in [-0.2, -0.15) is 0 Å². The van der Waals surface area contributed by atoms with Crippen LogP contribution in [0.5, 0.6) is 0 Å². The predicted octanol–water partition coefficient (Wildman–Crippen LogP) is 2.11. The third kappa shape index (κ3) is 1.80. The molecule has 0 heterocycles. The first-order chi connectivity index (χ1) is 5.24. The van der Waals surface area contributed by atoms with Gasteiger partial charge in [-0.25, -0.2) is 0 Å². The maximum absolute atomic E-state index is 8.28. The first-order valence-electron chi connectivity index (χ1n) is 3.48. The molecule has 0 amide bonds. The molecular weight excluding hydrogens is 138 g/mol. The number of oxime groups is 1. The smallest absolute Gasteiger partial charge is 0.0736 e. The van der Waals surface area contributed by atoms with Crippen molar-refractivity contribution in [1.29, 1.82) is 0 Å². The minimum Gasteiger partial charge on any atom is -0.411 e. The normalized spacial score (nSPS) is 10.7. The number of nitrogens with zero attached hydrogens (tertiary/aromatic N) is 1. The van der Waals surface area contributed by atoms with Crippen LogP contribution in [0.2, 0.25) is 0 Å². The van der Waals surface area contributed by atoms with Crippen LogP contribution in [-0.2, 0) is 0 Å². The molecule has 0 fully saturated rings. The zero-order chi connectivity index (χ0) is 8.27. The molecule has 58 valence electrons. The van der Waals surface area contributed by atoms with Crippen molar-refractivity contribution < 1.29 is 5.21 Å². The van der Waals surface area contributed by atoms with E-state index in [1.807, 2.05) is 26.0 Å². The predicted molar refractivity (Wildman–Crippen MR) is 45.3 cm³/mol. The van der Waals surface area contributed by atoms with Crippen molar-refractivity contribution in [3.63, 3.8) is 0 Å². The Labute approximate surface area is 66.2 Å². The average Bonchev–Trinajstić information content (AvgIpc) is 1.95. The number of rotatable bonds is 1. The molecule has 0 unspecified atom stereocenters. The highest BCUT2D eigenvalue weighted by Crippen LogP contribution is 2.07. The van der Waals surface area contributed by atoms with Crippen LogP contribution in [0, 0.1) is 13.8 Å². The molecule has 2 nitrogen and oxygen atoms in total. The van der Waals surface area contributed by atoms with Crippen molar-refractivity contribution >= 4 is 6.21 Å². The molecule has 0 spiro atoms. The Morgan fingerprint density at radius 2 is 2.09 bits per heavy atom. The van der Waals surface area contributed by atoms with E-state index in [9.17, 15) is 0 Å². The molecular formula is C9H11NO. The Kier molecular flexibility index (Phi) is 2.26. The molecule has 0 saturated carbocycles. The lowest BCUT2D eigenvalue weighted by atomic mass is 10.1. The van der Waals surface area contributed by atoms with Gasteiger partial charge < -0.3 is 5.21 Å². The highest BCUT2D eigenvalue weighted by Gasteiger charge is 1.93. The maximum Gasteiger partial charge on any atom is 0.0736 e. The summed E-state index contributed by atoms with van der Waals surface area (Å²) in [6.45, 7) is 4.02. The van der Waals surface area contributed by atoms with Gasteiger partial charge in [-0.1, -0.05) is 28.9 Å². The van der Waals surface area contributed by atoms with Crippen molar-refractivity contribution in [2.75, 3.05) is 0 Å². The van der Waals surface area contributed by atoms with E-state index in [-0.39, 0.29) is 0 Å². The van der Waals surface area contributed by atoms with Gasteiger partial charge in [0.15, 0.2) is 0 Å². The fourth-order valence-corrected chi connectivity index (χ4v) is 1.03. The van der Waals surface area contributed by atoms with E-state index < -0.39 is 0 Å². The van der Waals surface area contributed by atoms with E-state index in [0.717, 1.165) is 11.1 Å². The lowest BCUT2D eigenvalue weighted by Crippen LogP contribution is -1.87. The summed E-state index contributed by atoms with van der Waals surface area (Å²) in [4.78, 5) is 0. The summed E-state index contributed by atoms with van der Waals surface area (Å²) < 4.78 is 0. The molecule has 11 heavy (non-hydrogen) atoms. The van der Waals surface area contributed by atoms with Crippen LogP contribution in [0.25, 0.3) is 0 Å². The van der Waals surface area contributed by atoms with Crippen LogP contribution in [0.15, 0.2) is 23.4 Å². The van der Waals surface area contributed by atoms with Crippen molar-refractivity contribution in [1.82, 2.24) is 0 Å². The standard InChI is InChI=1S/C9H11NO/c1-7-3-4-9(6-10-11)8(2)5-7/h3-6,11H,1-2H3. The highest BCUT2D eigenvalue weighted by molar-refractivity contribution is 5.81. The summed E-state index contributed by atoms with van der Waals surface area (Å²) in [6, 6.07) is 5.98. The molecule has 1 aromatic rings. The van der Waals surface area contributed by atoms with Gasteiger partial charge in [-0.3, -0.25) is 0 Å². The topological polar surface area (TPSA) is 32.6 Å². The third-order valence-corrected chi connectivity index (χ3v) is 1.62. The molecule has 1 aromatic carbocycles. The Bertz CT molecular complexity index is 279. The molecule has 1 N–H and O–H groups in total. The number of hydrogen-bond donors (Lipinski definition) is 1. The second-order valence-electron chi connectivity index (χ2n) is 2.60. The molecule has 0 aromatic heterocycles. The largest absolute Gasteiger partial charge is 0.411 e. The quantitative estimate of drug-likeness (QED) is 0.370. The summed E-state index contributed by atoms with van der Waals surface area (Å²) in [7, 11) is 0. The minimum absolute atomic E-state index is 0.957. The van der Waals surface area contributed by atoms with Crippen molar-refractivity contribution in [2.24, 2.45) is 5.16 Å². The maximum atomic E-state index is 8.28. The van der Waals surface area contributed by atoms with Gasteiger partial charge in [0, 0.05) is 0 Å². The van der Waals surface area contributed by atoms with Gasteiger partial charge >= 0.3 is 0 Å². The van der Waals surface area contributed by atoms with E-state index in [0.29, 0.717) is 0 Å². The van der Waals surface area contributed by atoms with Gasteiger partial charge in [0.1, 0.15) is 0 Å². The molecule has 0 aliphatic carbocycles. The van der Waals surface area contributed by atoms with Gasteiger partial charge in [0.05, 0.1) is 6.21 Å². The third-order valence-electron chi connectivity index (χ3n) is 1.62. The lowest BCUT2D eigenvalue weighted by Gasteiger charge is -1.99. The van der Waals surface area contributed by atoms with Crippen molar-refractivity contribution in [2.45, 2.75) is 13.8 Å². The highest BCUT2D eigenvalue weighted by atomic mass is 16.4. The Morgan fingerprint density at radius 1 is 1.36 bits per heavy atom. The minimum atomic E-state index is 0.957. The molecule has 0 aliphatic heterocycles. The van der Waals surface area contributed by atoms with Gasteiger partial charge in [0.25, 0.3) is 0 Å². The first kappa shape index (κ1) is 7.79. The lowest BCUT2D eigenvalue weighted by molar-refractivity contribution is 0.322. The number of aryl methyl sites for hydroxylation is 2. The second kappa shape index (κ2) is 3.19. The molecule has 0 bridgehead atoms. The summed E-state index contributed by atoms with van der Waals surface area (Å²) in [6.07, 6.45) is 1.44. The Balaban J connectivity index is 3.09. The number of hydrogen-bond acceptors (Lipinski definition) is 2. The molecule has 2 heteroatoms. The molecule has 0 saturated heterocycles. The fourth-order valence-electron chi connectivity index (χ4n) is 1.03. The van der Waals surface area contributed by atoms with E-state index in [4.69, 9.17) is 5.21 Å². The summed E-state index contributed by atoms with van der Waals surface area (Å²) in [5, 5.41) is 11.3. The van der Waals surface area contributed by atoms with Crippen LogP contribution in [0.4, 0.5) is 0 Å². The monoisotopic (exact) mass is 149 g/mol. The zero-order valence-corrected chi connectivity index (χ0v) is 6.70. The van der Waals surface area contributed by atoms with Gasteiger partial charge in [0.2, 0.25) is 0 Å². The fraction of sp³-hybridized carbons (Fsp3) is 0.222. The van der Waals surface area contributed by atoms with Crippen molar-refractivity contribution in [3.8, 4) is 0 Å². The SMILES string of the molecule is Cc1ccc(C=NO)c(C)c1. The molecule has 0 radical (unpaired) electrons. The van der Waals surface area contributed by atoms with E-state index in [1.54, 1.807) is 0 Å². The van der Waals surface area contributed by atoms with E-state index in [2.05, 4.69) is 11.2 Å². The van der Waals surface area contributed by atoms with Gasteiger partial charge in [-0.05, 0) is 25.0 Å². The van der Waals surface area contributed by atoms with Crippen LogP contribution in [0.1, 0.15) is 16.7 Å². The second-order valence-corrected chi connectivity index (χ2v) is 2.60. The van der Waals surface area contributed by atoms with E-state index in [1.165, 1.54) is 11.8 Å². The average molecular weight is 149 g/mol.